The van der Waals surface area contributed by atoms with Gasteiger partial charge in [0.25, 0.3) is 0 Å². The van der Waals surface area contributed by atoms with E-state index in [1.807, 2.05) is 18.2 Å². The lowest BCUT2D eigenvalue weighted by Gasteiger charge is -1.94. The quantitative estimate of drug-likeness (QED) is 0.554. The van der Waals surface area contributed by atoms with Crippen molar-refractivity contribution in [1.29, 1.82) is 0 Å². The molecule has 0 bridgehead atoms. The summed E-state index contributed by atoms with van der Waals surface area (Å²) in [7, 11) is 0. The molecule has 0 aliphatic carbocycles. The Hall–Kier alpha value is -1.25. The van der Waals surface area contributed by atoms with E-state index in [2.05, 4.69) is 10.3 Å². The summed E-state index contributed by atoms with van der Waals surface area (Å²) in [6.45, 7) is 2.72. The maximum absolute atomic E-state index is 4.80. The Labute approximate surface area is 66.5 Å². The molecular weight excluding hydrogens is 140 g/mol. The van der Waals surface area contributed by atoms with E-state index in [1.54, 1.807) is 12.6 Å². The molecule has 11 heavy (non-hydrogen) atoms. The highest BCUT2D eigenvalue weighted by atomic mass is 16.5. The molecule has 0 saturated carbocycles. The van der Waals surface area contributed by atoms with Crippen molar-refractivity contribution in [2.45, 2.75) is 0 Å². The fourth-order valence-corrected chi connectivity index (χ4v) is 0.669. The zero-order chi connectivity index (χ0) is 7.78. The first-order valence-corrected chi connectivity index (χ1v) is 3.65. The molecule has 0 radical (unpaired) electrons. The monoisotopic (exact) mass is 152 g/mol. The Morgan fingerprint density at radius 3 is 2.55 bits per heavy atom. The fraction of sp³-hybridized carbons (Fsp3) is 0.375. The van der Waals surface area contributed by atoms with Crippen LogP contribution < -0.4 is 5.32 Å². The van der Waals surface area contributed by atoms with Crippen LogP contribution in [0.4, 0.5) is 0 Å². The smallest absolute Gasteiger partial charge is 0.106 e. The van der Waals surface area contributed by atoms with Crippen LogP contribution in [0.5, 0.6) is 0 Å². The standard InChI is InChI=1S/C5H6O.C3H6N2/c1-2-4-6-5-3-1;1-2-5-3-4-1/h1-4H,5H2;3H,1-2H2,(H,4,5). The molecule has 2 rings (SSSR count). The number of allylic oxidation sites excluding steroid dienone is 2. The molecule has 0 spiro atoms. The van der Waals surface area contributed by atoms with Crippen LogP contribution in [-0.4, -0.2) is 26.0 Å². The number of nitrogens with zero attached hydrogens (tertiary/aromatic N) is 1. The van der Waals surface area contributed by atoms with Crippen molar-refractivity contribution < 1.29 is 4.74 Å². The maximum atomic E-state index is 4.80. The van der Waals surface area contributed by atoms with Crippen molar-refractivity contribution in [2.75, 3.05) is 19.7 Å². The zero-order valence-electron chi connectivity index (χ0n) is 6.36. The van der Waals surface area contributed by atoms with Crippen LogP contribution in [0.1, 0.15) is 0 Å². The van der Waals surface area contributed by atoms with Gasteiger partial charge in [-0.2, -0.15) is 0 Å². The summed E-state index contributed by atoms with van der Waals surface area (Å²) >= 11 is 0. The minimum Gasteiger partial charge on any atom is -0.497 e. The van der Waals surface area contributed by atoms with Crippen molar-refractivity contribution in [3.05, 3.63) is 24.5 Å². The third-order valence-corrected chi connectivity index (χ3v) is 1.18. The van der Waals surface area contributed by atoms with E-state index in [0.717, 1.165) is 19.7 Å². The second kappa shape index (κ2) is 5.53. The maximum Gasteiger partial charge on any atom is 0.106 e. The van der Waals surface area contributed by atoms with Crippen molar-refractivity contribution in [1.82, 2.24) is 5.32 Å². The van der Waals surface area contributed by atoms with E-state index < -0.39 is 0 Å². The summed E-state index contributed by atoms with van der Waals surface area (Å²) < 4.78 is 4.80. The van der Waals surface area contributed by atoms with E-state index in [0.29, 0.717) is 0 Å². The molecule has 60 valence electrons. The molecule has 2 aliphatic rings. The van der Waals surface area contributed by atoms with Gasteiger partial charge in [0.15, 0.2) is 0 Å². The Balaban J connectivity index is 0.000000112. The Kier molecular flexibility index (Phi) is 3.95. The van der Waals surface area contributed by atoms with Crippen molar-refractivity contribution >= 4 is 6.34 Å². The lowest BCUT2D eigenvalue weighted by molar-refractivity contribution is 0.286. The van der Waals surface area contributed by atoms with Crippen LogP contribution >= 0.6 is 0 Å². The Morgan fingerprint density at radius 1 is 1.36 bits per heavy atom. The number of nitrogens with one attached hydrogen (secondary N) is 1. The molecule has 0 aromatic rings. The van der Waals surface area contributed by atoms with E-state index in [-0.39, 0.29) is 0 Å². The van der Waals surface area contributed by atoms with Gasteiger partial charge in [0.2, 0.25) is 0 Å². The van der Waals surface area contributed by atoms with Gasteiger partial charge in [-0.25, -0.2) is 0 Å². The lowest BCUT2D eigenvalue weighted by atomic mass is 10.5. The van der Waals surface area contributed by atoms with Gasteiger partial charge in [-0.05, 0) is 12.2 Å². The zero-order valence-corrected chi connectivity index (χ0v) is 6.36. The van der Waals surface area contributed by atoms with Gasteiger partial charge >= 0.3 is 0 Å². The summed E-state index contributed by atoms with van der Waals surface area (Å²) in [5, 5.41) is 2.93. The summed E-state index contributed by atoms with van der Waals surface area (Å²) in [6.07, 6.45) is 9.20. The molecule has 0 aromatic carbocycles. The predicted octanol–water partition coefficient (Wildman–Crippen LogP) is 0.704. The van der Waals surface area contributed by atoms with E-state index in [4.69, 9.17) is 4.74 Å². The fourth-order valence-electron chi connectivity index (χ4n) is 0.669. The van der Waals surface area contributed by atoms with Crippen LogP contribution in [0.25, 0.3) is 0 Å². The molecule has 2 heterocycles. The largest absolute Gasteiger partial charge is 0.497 e. The van der Waals surface area contributed by atoms with Crippen LogP contribution in [-0.2, 0) is 4.74 Å². The van der Waals surface area contributed by atoms with Crippen LogP contribution in [0.3, 0.4) is 0 Å². The van der Waals surface area contributed by atoms with Crippen molar-refractivity contribution in [2.24, 2.45) is 4.99 Å². The van der Waals surface area contributed by atoms with Gasteiger partial charge < -0.3 is 10.1 Å². The average Bonchev–Trinajstić information content (AvgIpc) is 2.64. The summed E-state index contributed by atoms with van der Waals surface area (Å²) in [4.78, 5) is 3.85. The van der Waals surface area contributed by atoms with Crippen LogP contribution in [0.15, 0.2) is 29.5 Å². The molecule has 0 atom stereocenters. The molecule has 1 N–H and O–H groups in total. The minimum atomic E-state index is 0.733. The number of rotatable bonds is 0. The first-order chi connectivity index (χ1) is 5.50. The molecule has 0 aromatic heterocycles. The van der Waals surface area contributed by atoms with Crippen molar-refractivity contribution in [3.63, 3.8) is 0 Å². The normalized spacial score (nSPS) is 18.2. The van der Waals surface area contributed by atoms with Crippen LogP contribution in [0, 0.1) is 0 Å². The molecule has 2 aliphatic heterocycles. The molecule has 0 unspecified atom stereocenters. The second-order valence-electron chi connectivity index (χ2n) is 2.08. The molecule has 0 amide bonds. The van der Waals surface area contributed by atoms with Gasteiger partial charge in [-0.1, -0.05) is 6.08 Å². The first kappa shape index (κ1) is 7.85. The number of hydrogen-bond acceptors (Lipinski definition) is 3. The average molecular weight is 152 g/mol. The Bertz CT molecular complexity index is 155. The van der Waals surface area contributed by atoms with Gasteiger partial charge in [-0.3, -0.25) is 4.99 Å². The third kappa shape index (κ3) is 4.19. The number of ether oxygens (including phenoxy) is 1. The number of aliphatic imine (C=N–C) groups is 1. The first-order valence-electron chi connectivity index (χ1n) is 3.65. The second-order valence-corrected chi connectivity index (χ2v) is 2.08. The summed E-state index contributed by atoms with van der Waals surface area (Å²) in [5.41, 5.74) is 0. The molecular formula is C8H12N2O. The lowest BCUT2D eigenvalue weighted by Crippen LogP contribution is -2.04. The SMILES string of the molecule is C1=CCOC=C1.C1=NCCN1. The third-order valence-electron chi connectivity index (χ3n) is 1.18. The summed E-state index contributed by atoms with van der Waals surface area (Å²) in [5.74, 6) is 0. The topological polar surface area (TPSA) is 33.6 Å². The highest BCUT2D eigenvalue weighted by Gasteiger charge is 1.82. The molecule has 3 nitrogen and oxygen atoms in total. The van der Waals surface area contributed by atoms with E-state index in [9.17, 15) is 0 Å². The molecule has 0 saturated heterocycles. The van der Waals surface area contributed by atoms with Gasteiger partial charge in [0.1, 0.15) is 6.61 Å². The molecule has 0 fully saturated rings. The minimum absolute atomic E-state index is 0.733. The van der Waals surface area contributed by atoms with Crippen molar-refractivity contribution in [3.8, 4) is 0 Å². The van der Waals surface area contributed by atoms with Gasteiger partial charge in [0, 0.05) is 6.54 Å². The van der Waals surface area contributed by atoms with Gasteiger partial charge in [0.05, 0.1) is 19.1 Å². The Morgan fingerprint density at radius 2 is 2.36 bits per heavy atom. The highest BCUT2D eigenvalue weighted by Crippen LogP contribution is 1.87. The van der Waals surface area contributed by atoms with Gasteiger partial charge in [-0.15, -0.1) is 0 Å². The van der Waals surface area contributed by atoms with E-state index in [1.165, 1.54) is 0 Å². The predicted molar refractivity (Wildman–Crippen MR) is 45.6 cm³/mol. The summed E-state index contributed by atoms with van der Waals surface area (Å²) in [6, 6.07) is 0. The van der Waals surface area contributed by atoms with Crippen LogP contribution in [0.2, 0.25) is 0 Å². The highest BCUT2D eigenvalue weighted by molar-refractivity contribution is 5.56. The van der Waals surface area contributed by atoms with E-state index >= 15 is 0 Å². The number of hydrogen-bond donors (Lipinski definition) is 1. The molecule has 3 heteroatoms.